The van der Waals surface area contributed by atoms with Gasteiger partial charge < -0.3 is 24.0 Å². The normalized spacial score (nSPS) is 25.4. The molecule has 2 aromatic carbocycles. The van der Waals surface area contributed by atoms with E-state index < -0.39 is 0 Å². The monoisotopic (exact) mass is 569 g/mol. The molecule has 0 aromatic heterocycles. The number of hydrogen-bond acceptors (Lipinski definition) is 5. The molecule has 2 heterocycles. The van der Waals surface area contributed by atoms with Crippen LogP contribution < -0.4 is 19.3 Å². The highest BCUT2D eigenvalue weighted by atomic mass is 79.9. The van der Waals surface area contributed by atoms with Crippen molar-refractivity contribution in [2.24, 2.45) is 5.41 Å². The number of amides is 1. The highest BCUT2D eigenvalue weighted by molar-refractivity contribution is 9.10. The number of benzene rings is 2. The number of quaternary nitrogens is 1. The summed E-state index contributed by atoms with van der Waals surface area (Å²) >= 11 is 3.72. The quantitative estimate of drug-likeness (QED) is 0.488. The molecule has 1 N–H and O–H groups in total. The fraction of sp³-hybridized carbons (Fsp3) is 0.517. The second-order valence-electron chi connectivity index (χ2n) is 11.2. The second-order valence-corrected chi connectivity index (χ2v) is 12.0. The van der Waals surface area contributed by atoms with Crippen molar-refractivity contribution < 1.29 is 28.7 Å². The molecule has 7 nitrogen and oxygen atoms in total. The largest absolute Gasteiger partial charge is 0.489 e. The number of carbonyl (C=O) groups is 2. The van der Waals surface area contributed by atoms with Crippen LogP contribution in [0.3, 0.4) is 0 Å². The summed E-state index contributed by atoms with van der Waals surface area (Å²) in [6.45, 7) is 3.75. The lowest BCUT2D eigenvalue weighted by molar-refractivity contribution is -0.921. The molecule has 37 heavy (non-hydrogen) atoms. The third-order valence-corrected chi connectivity index (χ3v) is 8.88. The van der Waals surface area contributed by atoms with Gasteiger partial charge in [0.15, 0.2) is 0 Å². The zero-order chi connectivity index (χ0) is 25.6. The zero-order valence-electron chi connectivity index (χ0n) is 21.3. The molecule has 2 saturated heterocycles. The van der Waals surface area contributed by atoms with E-state index in [9.17, 15) is 9.59 Å². The molecule has 0 unspecified atom stereocenters. The summed E-state index contributed by atoms with van der Waals surface area (Å²) < 4.78 is 18.1. The molecule has 1 amide bonds. The van der Waals surface area contributed by atoms with Gasteiger partial charge in [-0.3, -0.25) is 4.79 Å². The number of esters is 1. The molecule has 0 atom stereocenters. The molecule has 2 aliphatic heterocycles. The van der Waals surface area contributed by atoms with E-state index in [-0.39, 0.29) is 17.3 Å². The summed E-state index contributed by atoms with van der Waals surface area (Å²) in [5.41, 5.74) is 2.62. The van der Waals surface area contributed by atoms with Crippen molar-refractivity contribution in [2.75, 3.05) is 31.6 Å². The number of piperidine rings is 1. The fourth-order valence-electron chi connectivity index (χ4n) is 5.59. The van der Waals surface area contributed by atoms with Crippen LogP contribution in [-0.2, 0) is 16.1 Å². The Morgan fingerprint density at radius 2 is 1.62 bits per heavy atom. The number of rotatable bonds is 8. The van der Waals surface area contributed by atoms with Gasteiger partial charge in [-0.2, -0.15) is 0 Å². The molecule has 4 fully saturated rings. The van der Waals surface area contributed by atoms with E-state index in [1.54, 1.807) is 12.1 Å². The van der Waals surface area contributed by atoms with Gasteiger partial charge in [0.2, 0.25) is 5.91 Å². The van der Waals surface area contributed by atoms with Crippen molar-refractivity contribution in [1.82, 2.24) is 0 Å². The van der Waals surface area contributed by atoms with Crippen molar-refractivity contribution in [3.63, 3.8) is 0 Å². The first kappa shape index (κ1) is 24.7. The van der Waals surface area contributed by atoms with E-state index in [0.717, 1.165) is 86.4 Å². The Balaban J connectivity index is 1.10. The van der Waals surface area contributed by atoms with E-state index in [1.165, 1.54) is 17.6 Å². The second kappa shape index (κ2) is 9.95. The molecule has 2 aliphatic carbocycles. The molecule has 8 heteroatoms. The lowest BCUT2D eigenvalue weighted by Gasteiger charge is -2.36. The van der Waals surface area contributed by atoms with Gasteiger partial charge in [-0.1, -0.05) is 0 Å². The molecule has 2 aromatic rings. The first-order chi connectivity index (χ1) is 17.9. The van der Waals surface area contributed by atoms with Gasteiger partial charge in [0.25, 0.3) is 0 Å². The Morgan fingerprint density at radius 3 is 2.16 bits per heavy atom. The fourth-order valence-corrected chi connectivity index (χ4v) is 6.01. The highest BCUT2D eigenvalue weighted by Crippen LogP contribution is 2.42. The minimum atomic E-state index is -0.366. The van der Waals surface area contributed by atoms with E-state index in [2.05, 4.69) is 28.1 Å². The van der Waals surface area contributed by atoms with E-state index >= 15 is 0 Å². The van der Waals surface area contributed by atoms with Crippen LogP contribution in [0.15, 0.2) is 40.9 Å². The van der Waals surface area contributed by atoms with Crippen LogP contribution in [0.2, 0.25) is 0 Å². The van der Waals surface area contributed by atoms with Gasteiger partial charge >= 0.3 is 5.97 Å². The average molecular weight is 571 g/mol. The first-order valence-electron chi connectivity index (χ1n) is 13.4. The number of halogens is 1. The van der Waals surface area contributed by atoms with E-state index in [1.807, 2.05) is 17.0 Å². The third-order valence-electron chi connectivity index (χ3n) is 8.09. The standard InChI is InChI=1S/C29H33BrN2O5/c1-35-28(34)20-2-4-21(5-3-20)32-18-29(16-26(32)33)10-12-31(13-11-29)17-19-14-24(36-22-6-7-22)27(30)25(15-19)37-23-8-9-23/h2-5,14-15,22-23H,6-13,16-18H2,1H3/p+1. The van der Waals surface area contributed by atoms with Gasteiger partial charge in [-0.25, -0.2) is 4.79 Å². The van der Waals surface area contributed by atoms with Crippen LogP contribution >= 0.6 is 15.9 Å². The summed E-state index contributed by atoms with van der Waals surface area (Å²) in [5, 5.41) is 0. The van der Waals surface area contributed by atoms with Crippen molar-refractivity contribution in [2.45, 2.75) is 63.7 Å². The number of nitrogens with one attached hydrogen (secondary N) is 1. The molecular weight excluding hydrogens is 536 g/mol. The van der Waals surface area contributed by atoms with Gasteiger partial charge in [-0.05, 0) is 78.0 Å². The first-order valence-corrected chi connectivity index (χ1v) is 14.2. The Kier molecular flexibility index (Phi) is 6.65. The SMILES string of the molecule is COC(=O)c1ccc(N2CC3(CC[NH+](Cc4cc(OC5CC5)c(Br)c(OC5CC5)c4)CC3)CC2=O)cc1. The van der Waals surface area contributed by atoms with Crippen molar-refractivity contribution in [1.29, 1.82) is 0 Å². The molecule has 2 saturated carbocycles. The van der Waals surface area contributed by atoms with Crippen LogP contribution in [-0.4, -0.2) is 50.8 Å². The third kappa shape index (κ3) is 5.50. The van der Waals surface area contributed by atoms with Gasteiger partial charge in [-0.15, -0.1) is 0 Å². The molecule has 6 rings (SSSR count). The van der Waals surface area contributed by atoms with E-state index in [0.29, 0.717) is 24.2 Å². The van der Waals surface area contributed by atoms with Crippen molar-refractivity contribution in [3.05, 3.63) is 52.0 Å². The maximum Gasteiger partial charge on any atom is 0.337 e. The molecule has 4 aliphatic rings. The maximum atomic E-state index is 13.0. The predicted octanol–water partition coefficient (Wildman–Crippen LogP) is 3.92. The summed E-state index contributed by atoms with van der Waals surface area (Å²) in [6.07, 6.45) is 7.82. The van der Waals surface area contributed by atoms with Crippen LogP contribution in [0.1, 0.15) is 60.9 Å². The summed E-state index contributed by atoms with van der Waals surface area (Å²) in [5.74, 6) is 1.61. The Morgan fingerprint density at radius 1 is 1.03 bits per heavy atom. The summed E-state index contributed by atoms with van der Waals surface area (Å²) in [6, 6.07) is 11.5. The van der Waals surface area contributed by atoms with Gasteiger partial charge in [0, 0.05) is 42.5 Å². The van der Waals surface area contributed by atoms with Crippen LogP contribution in [0.5, 0.6) is 11.5 Å². The topological polar surface area (TPSA) is 69.5 Å². The minimum absolute atomic E-state index is 0.0296. The lowest BCUT2D eigenvalue weighted by atomic mass is 9.77. The van der Waals surface area contributed by atoms with Crippen molar-refractivity contribution >= 4 is 33.5 Å². The predicted molar refractivity (Wildman–Crippen MR) is 142 cm³/mol. The Hall–Kier alpha value is -2.58. The highest BCUT2D eigenvalue weighted by Gasteiger charge is 2.46. The van der Waals surface area contributed by atoms with Gasteiger partial charge in [0.1, 0.15) is 22.5 Å². The van der Waals surface area contributed by atoms with Crippen LogP contribution in [0, 0.1) is 5.41 Å². The number of hydrogen-bond donors (Lipinski definition) is 1. The number of anilines is 1. The molecule has 196 valence electrons. The van der Waals surface area contributed by atoms with Gasteiger partial charge in [0.05, 0.1) is 38.0 Å². The van der Waals surface area contributed by atoms with Crippen LogP contribution in [0.4, 0.5) is 5.69 Å². The lowest BCUT2D eigenvalue weighted by Crippen LogP contribution is -3.12. The van der Waals surface area contributed by atoms with Crippen LogP contribution in [0.25, 0.3) is 0 Å². The zero-order valence-corrected chi connectivity index (χ0v) is 22.8. The molecule has 1 spiro atoms. The number of ether oxygens (including phenoxy) is 3. The number of carbonyl (C=O) groups excluding carboxylic acids is 2. The molecular formula is C29H34BrN2O5+. The molecule has 0 radical (unpaired) electrons. The molecule has 0 bridgehead atoms. The summed E-state index contributed by atoms with van der Waals surface area (Å²) in [7, 11) is 1.37. The number of likely N-dealkylation sites (tertiary alicyclic amines) is 1. The number of methoxy groups -OCH3 is 1. The number of nitrogens with zero attached hydrogens (tertiary/aromatic N) is 1. The Labute approximate surface area is 226 Å². The summed E-state index contributed by atoms with van der Waals surface area (Å²) in [4.78, 5) is 28.2. The average Bonchev–Trinajstić information content (AvgIpc) is 3.84. The van der Waals surface area contributed by atoms with Crippen molar-refractivity contribution in [3.8, 4) is 11.5 Å². The van der Waals surface area contributed by atoms with E-state index in [4.69, 9.17) is 14.2 Å². The smallest absolute Gasteiger partial charge is 0.337 e. The minimum Gasteiger partial charge on any atom is -0.489 e. The maximum absolute atomic E-state index is 13.0. The Bertz CT molecular complexity index is 1150.